The zero-order chi connectivity index (χ0) is 10.1. The molecule has 0 saturated heterocycles. The zero-order valence-corrected chi connectivity index (χ0v) is 6.62. The average molecular weight is 191 g/mol. The molecular formula is C7H8F3N3. The minimum Gasteiger partial charge on any atom is -0.316 e. The predicted octanol–water partition coefficient (Wildman–Crippen LogP) is 1.55. The van der Waals surface area contributed by atoms with Gasteiger partial charge < -0.3 is 5.73 Å². The van der Waals surface area contributed by atoms with Crippen molar-refractivity contribution in [1.82, 2.24) is 9.78 Å². The van der Waals surface area contributed by atoms with Gasteiger partial charge in [0.2, 0.25) is 0 Å². The van der Waals surface area contributed by atoms with Gasteiger partial charge in [0, 0.05) is 18.0 Å². The summed E-state index contributed by atoms with van der Waals surface area (Å²) in [5.74, 6) is 0. The molecule has 0 aliphatic heterocycles. The highest BCUT2D eigenvalue weighted by molar-refractivity contribution is 5.20. The molecule has 1 aromatic rings. The molecule has 0 aliphatic carbocycles. The van der Waals surface area contributed by atoms with E-state index < -0.39 is 12.2 Å². The molecule has 6 heteroatoms. The van der Waals surface area contributed by atoms with E-state index in [1.807, 2.05) is 0 Å². The fourth-order valence-electron chi connectivity index (χ4n) is 0.802. The summed E-state index contributed by atoms with van der Waals surface area (Å²) in [4.78, 5) is 0. The van der Waals surface area contributed by atoms with E-state index in [9.17, 15) is 13.2 Å². The molecule has 0 bridgehead atoms. The van der Waals surface area contributed by atoms with Crippen LogP contribution in [0.4, 0.5) is 13.2 Å². The van der Waals surface area contributed by atoms with Crippen LogP contribution < -0.4 is 5.73 Å². The first-order valence-corrected chi connectivity index (χ1v) is 3.44. The van der Waals surface area contributed by atoms with E-state index in [-0.39, 0.29) is 5.56 Å². The summed E-state index contributed by atoms with van der Waals surface area (Å²) >= 11 is 0. The second kappa shape index (κ2) is 3.21. The first-order valence-electron chi connectivity index (χ1n) is 3.44. The molecule has 2 N–H and O–H groups in total. The van der Waals surface area contributed by atoms with Gasteiger partial charge >= 0.3 is 6.18 Å². The molecule has 1 heterocycles. The van der Waals surface area contributed by atoms with Crippen molar-refractivity contribution >= 4 is 6.20 Å². The van der Waals surface area contributed by atoms with E-state index in [0.717, 1.165) is 6.20 Å². The molecule has 0 saturated carbocycles. The van der Waals surface area contributed by atoms with Gasteiger partial charge in [-0.15, -0.1) is 0 Å². The molecule has 0 amide bonds. The third kappa shape index (κ3) is 2.09. The number of rotatable bonds is 2. The maximum Gasteiger partial charge on any atom is 0.407 e. The van der Waals surface area contributed by atoms with Crippen molar-refractivity contribution in [1.29, 1.82) is 0 Å². The van der Waals surface area contributed by atoms with E-state index in [1.165, 1.54) is 17.1 Å². The quantitative estimate of drug-likeness (QED) is 0.770. The normalized spacial score (nSPS) is 14.2. The number of aromatic nitrogens is 2. The molecule has 72 valence electrons. The molecular weight excluding hydrogens is 183 g/mol. The molecule has 0 aliphatic rings. The first kappa shape index (κ1) is 9.79. The van der Waals surface area contributed by atoms with Crippen molar-refractivity contribution in [3.8, 4) is 0 Å². The van der Waals surface area contributed by atoms with Crippen LogP contribution in [-0.4, -0.2) is 16.0 Å². The van der Waals surface area contributed by atoms with Gasteiger partial charge in [0.15, 0.2) is 0 Å². The van der Waals surface area contributed by atoms with Gasteiger partial charge in [0.05, 0.1) is 6.20 Å². The Labute approximate surface area is 72.6 Å². The molecule has 1 unspecified atom stereocenters. The number of halogens is 3. The Morgan fingerprint density at radius 1 is 1.62 bits per heavy atom. The van der Waals surface area contributed by atoms with Crippen molar-refractivity contribution in [2.75, 3.05) is 0 Å². The molecule has 0 aromatic carbocycles. The summed E-state index contributed by atoms with van der Waals surface area (Å²) in [5, 5.41) is 3.59. The van der Waals surface area contributed by atoms with Crippen molar-refractivity contribution in [2.24, 2.45) is 5.73 Å². The Bertz CT molecular complexity index is 302. The number of alkyl halides is 3. The predicted molar refractivity (Wildman–Crippen MR) is 41.6 cm³/mol. The van der Waals surface area contributed by atoms with Crippen LogP contribution in [0, 0.1) is 0 Å². The van der Waals surface area contributed by atoms with Crippen molar-refractivity contribution in [2.45, 2.75) is 12.2 Å². The number of nitrogens with two attached hydrogens (primary N) is 1. The minimum atomic E-state index is -4.44. The van der Waals surface area contributed by atoms with Crippen LogP contribution in [0.2, 0.25) is 0 Å². The number of nitrogens with zero attached hydrogens (tertiary/aromatic N) is 2. The highest BCUT2D eigenvalue weighted by Gasteiger charge is 2.38. The SMILES string of the molecule is C=Cn1cc(C(N)C(F)(F)F)cn1. The summed E-state index contributed by atoms with van der Waals surface area (Å²) in [7, 11) is 0. The summed E-state index contributed by atoms with van der Waals surface area (Å²) in [5.41, 5.74) is 4.85. The lowest BCUT2D eigenvalue weighted by atomic mass is 10.2. The highest BCUT2D eigenvalue weighted by Crippen LogP contribution is 2.29. The molecule has 13 heavy (non-hydrogen) atoms. The lowest BCUT2D eigenvalue weighted by Crippen LogP contribution is -2.27. The summed E-state index contributed by atoms with van der Waals surface area (Å²) in [6.07, 6.45) is -0.896. The Morgan fingerprint density at radius 2 is 2.23 bits per heavy atom. The Kier molecular flexibility index (Phi) is 2.42. The fraction of sp³-hybridized carbons (Fsp3) is 0.286. The molecule has 1 rings (SSSR count). The lowest BCUT2D eigenvalue weighted by Gasteiger charge is -2.12. The van der Waals surface area contributed by atoms with Gasteiger partial charge in [-0.2, -0.15) is 18.3 Å². The molecule has 0 fully saturated rings. The zero-order valence-electron chi connectivity index (χ0n) is 6.62. The maximum atomic E-state index is 12.1. The monoisotopic (exact) mass is 191 g/mol. The van der Waals surface area contributed by atoms with Crippen molar-refractivity contribution in [3.05, 3.63) is 24.5 Å². The lowest BCUT2D eigenvalue weighted by molar-refractivity contribution is -0.149. The van der Waals surface area contributed by atoms with E-state index in [1.54, 1.807) is 0 Å². The van der Waals surface area contributed by atoms with E-state index in [0.29, 0.717) is 0 Å². The van der Waals surface area contributed by atoms with Crippen LogP contribution in [0.15, 0.2) is 19.0 Å². The fourth-order valence-corrected chi connectivity index (χ4v) is 0.802. The van der Waals surface area contributed by atoms with Crippen LogP contribution >= 0.6 is 0 Å². The van der Waals surface area contributed by atoms with Gasteiger partial charge in [0.1, 0.15) is 6.04 Å². The second-order valence-corrected chi connectivity index (χ2v) is 2.46. The summed E-state index contributed by atoms with van der Waals surface area (Å²) in [6.45, 7) is 3.34. The Morgan fingerprint density at radius 3 is 2.62 bits per heavy atom. The summed E-state index contributed by atoms with van der Waals surface area (Å²) in [6, 6.07) is -1.99. The van der Waals surface area contributed by atoms with Crippen LogP contribution in [-0.2, 0) is 0 Å². The van der Waals surface area contributed by atoms with Gasteiger partial charge in [-0.25, -0.2) is 4.68 Å². The minimum absolute atomic E-state index is 0.0765. The van der Waals surface area contributed by atoms with Gasteiger partial charge in [-0.1, -0.05) is 6.58 Å². The van der Waals surface area contributed by atoms with Crippen LogP contribution in [0.1, 0.15) is 11.6 Å². The molecule has 0 spiro atoms. The molecule has 3 nitrogen and oxygen atoms in total. The van der Waals surface area contributed by atoms with E-state index in [2.05, 4.69) is 11.7 Å². The maximum absolute atomic E-state index is 12.1. The molecule has 1 atom stereocenters. The Hall–Kier alpha value is -1.30. The van der Waals surface area contributed by atoms with Gasteiger partial charge in [-0.3, -0.25) is 0 Å². The van der Waals surface area contributed by atoms with Crippen LogP contribution in [0.25, 0.3) is 6.20 Å². The third-order valence-corrected chi connectivity index (χ3v) is 1.52. The third-order valence-electron chi connectivity index (χ3n) is 1.52. The van der Waals surface area contributed by atoms with Crippen LogP contribution in [0.5, 0.6) is 0 Å². The van der Waals surface area contributed by atoms with E-state index in [4.69, 9.17) is 5.73 Å². The highest BCUT2D eigenvalue weighted by atomic mass is 19.4. The smallest absolute Gasteiger partial charge is 0.316 e. The first-order chi connectivity index (χ1) is 5.95. The molecule has 0 radical (unpaired) electrons. The van der Waals surface area contributed by atoms with E-state index >= 15 is 0 Å². The standard InChI is InChI=1S/C7H8F3N3/c1-2-13-4-5(3-12-13)6(11)7(8,9)10/h2-4,6H,1,11H2. The Balaban J connectivity index is 2.89. The van der Waals surface area contributed by atoms with Crippen molar-refractivity contribution < 1.29 is 13.2 Å². The number of hydrogen-bond donors (Lipinski definition) is 1. The molecule has 1 aromatic heterocycles. The topological polar surface area (TPSA) is 43.8 Å². The van der Waals surface area contributed by atoms with Crippen LogP contribution in [0.3, 0.4) is 0 Å². The number of hydrogen-bond acceptors (Lipinski definition) is 2. The van der Waals surface area contributed by atoms with Crippen molar-refractivity contribution in [3.63, 3.8) is 0 Å². The average Bonchev–Trinajstić information content (AvgIpc) is 2.48. The van der Waals surface area contributed by atoms with Gasteiger partial charge in [-0.05, 0) is 0 Å². The summed E-state index contributed by atoms with van der Waals surface area (Å²) < 4.78 is 37.3. The largest absolute Gasteiger partial charge is 0.407 e. The second-order valence-electron chi connectivity index (χ2n) is 2.46. The van der Waals surface area contributed by atoms with Gasteiger partial charge in [0.25, 0.3) is 0 Å².